The molecule has 1 aromatic carbocycles. The maximum atomic E-state index is 12.2. The Morgan fingerprint density at radius 1 is 1.15 bits per heavy atom. The summed E-state index contributed by atoms with van der Waals surface area (Å²) in [7, 11) is 0. The maximum Gasteiger partial charge on any atom is 0.222 e. The van der Waals surface area contributed by atoms with Crippen LogP contribution < -0.4 is 0 Å². The number of hydrogen-bond donors (Lipinski definition) is 1. The molecule has 4 heteroatoms. The molecule has 110 valence electrons. The first kappa shape index (κ1) is 15.0. The molecule has 20 heavy (non-hydrogen) atoms. The predicted molar refractivity (Wildman–Crippen MR) is 79.6 cm³/mol. The molecule has 1 heterocycles. The molecule has 1 N–H and O–H groups in total. The molecule has 0 radical (unpaired) electrons. The molecule has 1 fully saturated rings. The monoisotopic (exact) mass is 276 g/mol. The van der Waals surface area contributed by atoms with E-state index in [1.165, 1.54) is 11.1 Å². The summed E-state index contributed by atoms with van der Waals surface area (Å²) in [5, 5.41) is 8.90. The van der Waals surface area contributed by atoms with Gasteiger partial charge in [0.05, 0.1) is 6.61 Å². The molecular weight excluding hydrogens is 252 g/mol. The van der Waals surface area contributed by atoms with Crippen LogP contribution in [0.5, 0.6) is 0 Å². The first-order valence-corrected chi connectivity index (χ1v) is 7.35. The number of aryl methyl sites for hydroxylation is 2. The highest BCUT2D eigenvalue weighted by molar-refractivity contribution is 5.76. The average molecular weight is 276 g/mol. The molecule has 0 atom stereocenters. The lowest BCUT2D eigenvalue weighted by atomic mass is 10.1. The minimum atomic E-state index is 0.196. The summed E-state index contributed by atoms with van der Waals surface area (Å²) in [6.07, 6.45) is 1.40. The Morgan fingerprint density at radius 2 is 1.80 bits per heavy atom. The van der Waals surface area contributed by atoms with Crippen LogP contribution in [0.1, 0.15) is 17.5 Å². The second-order valence-corrected chi connectivity index (χ2v) is 5.43. The Hall–Kier alpha value is -1.39. The SMILES string of the molecule is Cc1ccc(CCC(=O)N2CCN(CCO)CC2)cc1. The van der Waals surface area contributed by atoms with Gasteiger partial charge in [-0.25, -0.2) is 0 Å². The molecule has 2 rings (SSSR count). The number of nitrogens with zero attached hydrogens (tertiary/aromatic N) is 2. The molecule has 0 spiro atoms. The van der Waals surface area contributed by atoms with E-state index in [1.54, 1.807) is 0 Å². The van der Waals surface area contributed by atoms with Gasteiger partial charge in [0.2, 0.25) is 5.91 Å². The summed E-state index contributed by atoms with van der Waals surface area (Å²) in [6.45, 7) is 6.29. The molecular formula is C16H24N2O2. The van der Waals surface area contributed by atoms with Crippen LogP contribution in [0.2, 0.25) is 0 Å². The van der Waals surface area contributed by atoms with Crippen LogP contribution in [0.15, 0.2) is 24.3 Å². The quantitative estimate of drug-likeness (QED) is 0.875. The van der Waals surface area contributed by atoms with Crippen LogP contribution in [0.25, 0.3) is 0 Å². The fraction of sp³-hybridized carbons (Fsp3) is 0.562. The zero-order valence-corrected chi connectivity index (χ0v) is 12.2. The topological polar surface area (TPSA) is 43.8 Å². The van der Waals surface area contributed by atoms with Gasteiger partial charge in [0.25, 0.3) is 0 Å². The van der Waals surface area contributed by atoms with E-state index in [-0.39, 0.29) is 12.5 Å². The molecule has 0 unspecified atom stereocenters. The van der Waals surface area contributed by atoms with Crippen LogP contribution in [-0.4, -0.2) is 60.1 Å². The molecule has 0 bridgehead atoms. The zero-order chi connectivity index (χ0) is 14.4. The average Bonchev–Trinajstić information content (AvgIpc) is 2.47. The van der Waals surface area contributed by atoms with Crippen LogP contribution in [-0.2, 0) is 11.2 Å². The van der Waals surface area contributed by atoms with Crippen LogP contribution >= 0.6 is 0 Å². The van der Waals surface area contributed by atoms with Crippen LogP contribution in [0, 0.1) is 6.92 Å². The Balaban J connectivity index is 1.74. The van der Waals surface area contributed by atoms with E-state index >= 15 is 0 Å². The Labute approximate surface area is 121 Å². The number of β-amino-alcohol motifs (C(OH)–C–C–N with tert-alkyl or cyclic N) is 1. The van der Waals surface area contributed by atoms with E-state index < -0.39 is 0 Å². The van der Waals surface area contributed by atoms with Gasteiger partial charge in [-0.3, -0.25) is 9.69 Å². The second-order valence-electron chi connectivity index (χ2n) is 5.43. The zero-order valence-electron chi connectivity index (χ0n) is 12.2. The van der Waals surface area contributed by atoms with E-state index in [9.17, 15) is 4.79 Å². The Morgan fingerprint density at radius 3 is 2.40 bits per heavy atom. The summed E-state index contributed by atoms with van der Waals surface area (Å²) in [5.41, 5.74) is 2.47. The third kappa shape index (κ3) is 4.32. The number of rotatable bonds is 5. The molecule has 1 aliphatic rings. The fourth-order valence-corrected chi connectivity index (χ4v) is 2.53. The predicted octanol–water partition coefficient (Wildman–Crippen LogP) is 1.06. The molecule has 4 nitrogen and oxygen atoms in total. The number of piperazine rings is 1. The van der Waals surface area contributed by atoms with Crippen LogP contribution in [0.4, 0.5) is 0 Å². The van der Waals surface area contributed by atoms with Gasteiger partial charge in [0.15, 0.2) is 0 Å². The van der Waals surface area contributed by atoms with Crippen molar-refractivity contribution in [2.45, 2.75) is 19.8 Å². The first-order chi connectivity index (χ1) is 9.69. The number of benzene rings is 1. The van der Waals surface area contributed by atoms with Crippen LogP contribution in [0.3, 0.4) is 0 Å². The van der Waals surface area contributed by atoms with Gasteiger partial charge in [-0.2, -0.15) is 0 Å². The number of carbonyl (C=O) groups excluding carboxylic acids is 1. The van der Waals surface area contributed by atoms with Crippen molar-refractivity contribution in [3.8, 4) is 0 Å². The lowest BCUT2D eigenvalue weighted by molar-refractivity contribution is -0.132. The van der Waals surface area contributed by atoms with E-state index in [1.807, 2.05) is 4.90 Å². The first-order valence-electron chi connectivity index (χ1n) is 7.35. The van der Waals surface area contributed by atoms with Crippen molar-refractivity contribution in [2.75, 3.05) is 39.3 Å². The van der Waals surface area contributed by atoms with E-state index in [0.29, 0.717) is 13.0 Å². The second kappa shape index (κ2) is 7.41. The van der Waals surface area contributed by atoms with E-state index in [0.717, 1.165) is 32.6 Å². The number of hydrogen-bond acceptors (Lipinski definition) is 3. The minimum absolute atomic E-state index is 0.196. The Bertz CT molecular complexity index is 423. The van der Waals surface area contributed by atoms with E-state index in [4.69, 9.17) is 5.11 Å². The lowest BCUT2D eigenvalue weighted by Crippen LogP contribution is -2.49. The van der Waals surface area contributed by atoms with Gasteiger partial charge in [-0.05, 0) is 18.9 Å². The molecule has 1 amide bonds. The van der Waals surface area contributed by atoms with Gasteiger partial charge in [0, 0.05) is 39.1 Å². The van der Waals surface area contributed by atoms with Gasteiger partial charge in [-0.1, -0.05) is 29.8 Å². The van der Waals surface area contributed by atoms with Gasteiger partial charge >= 0.3 is 0 Å². The molecule has 0 aliphatic carbocycles. The largest absolute Gasteiger partial charge is 0.395 e. The van der Waals surface area contributed by atoms with Crippen molar-refractivity contribution in [3.63, 3.8) is 0 Å². The van der Waals surface area contributed by atoms with Crippen molar-refractivity contribution < 1.29 is 9.90 Å². The molecule has 1 aromatic rings. The smallest absolute Gasteiger partial charge is 0.222 e. The minimum Gasteiger partial charge on any atom is -0.395 e. The standard InChI is InChI=1S/C16H24N2O2/c1-14-2-4-15(5-3-14)6-7-16(20)18-10-8-17(9-11-18)12-13-19/h2-5,19H,6-13H2,1H3. The molecule has 1 aliphatic heterocycles. The highest BCUT2D eigenvalue weighted by Gasteiger charge is 2.20. The fourth-order valence-electron chi connectivity index (χ4n) is 2.53. The number of aliphatic hydroxyl groups excluding tert-OH is 1. The summed E-state index contributed by atoms with van der Waals surface area (Å²) < 4.78 is 0. The maximum absolute atomic E-state index is 12.2. The van der Waals surface area contributed by atoms with Crippen molar-refractivity contribution in [2.24, 2.45) is 0 Å². The third-order valence-electron chi connectivity index (χ3n) is 3.89. The lowest BCUT2D eigenvalue weighted by Gasteiger charge is -2.34. The summed E-state index contributed by atoms with van der Waals surface area (Å²) in [5.74, 6) is 0.245. The third-order valence-corrected chi connectivity index (χ3v) is 3.89. The van der Waals surface area contributed by atoms with Crippen molar-refractivity contribution in [1.82, 2.24) is 9.80 Å². The van der Waals surface area contributed by atoms with Crippen molar-refractivity contribution in [3.05, 3.63) is 35.4 Å². The summed E-state index contributed by atoms with van der Waals surface area (Å²) in [4.78, 5) is 16.3. The molecule has 0 saturated carbocycles. The highest BCUT2D eigenvalue weighted by atomic mass is 16.3. The molecule has 0 aromatic heterocycles. The normalized spacial score (nSPS) is 16.4. The van der Waals surface area contributed by atoms with Gasteiger partial charge in [0.1, 0.15) is 0 Å². The van der Waals surface area contributed by atoms with E-state index in [2.05, 4.69) is 36.1 Å². The van der Waals surface area contributed by atoms with Gasteiger partial charge in [-0.15, -0.1) is 0 Å². The molecule has 1 saturated heterocycles. The van der Waals surface area contributed by atoms with Crippen molar-refractivity contribution in [1.29, 1.82) is 0 Å². The highest BCUT2D eigenvalue weighted by Crippen LogP contribution is 2.09. The van der Waals surface area contributed by atoms with Gasteiger partial charge < -0.3 is 10.0 Å². The Kier molecular flexibility index (Phi) is 5.56. The van der Waals surface area contributed by atoms with Crippen molar-refractivity contribution >= 4 is 5.91 Å². The summed E-state index contributed by atoms with van der Waals surface area (Å²) in [6, 6.07) is 8.38. The number of carbonyl (C=O) groups is 1. The summed E-state index contributed by atoms with van der Waals surface area (Å²) >= 11 is 0. The number of aliphatic hydroxyl groups is 1. The number of amides is 1.